The Kier molecular flexibility index (Phi) is 8.96. The Labute approximate surface area is 251 Å². The number of pyridine rings is 1. The topological polar surface area (TPSA) is 115 Å². The molecule has 1 aromatic carbocycles. The summed E-state index contributed by atoms with van der Waals surface area (Å²) in [6.07, 6.45) is 18.2. The molecular formula is C34H40N6O3. The highest BCUT2D eigenvalue weighted by Gasteiger charge is 2.24. The minimum absolute atomic E-state index is 0.189. The summed E-state index contributed by atoms with van der Waals surface area (Å²) in [4.78, 5) is 51.9. The van der Waals surface area contributed by atoms with E-state index in [1.807, 2.05) is 36.4 Å². The fourth-order valence-electron chi connectivity index (χ4n) is 6.56. The smallest absolute Gasteiger partial charge is 0.332 e. The molecule has 2 N–H and O–H groups in total. The van der Waals surface area contributed by atoms with E-state index in [0.29, 0.717) is 48.5 Å². The molecule has 3 aromatic heterocycles. The Hall–Kier alpha value is -4.27. The van der Waals surface area contributed by atoms with E-state index >= 15 is 0 Å². The van der Waals surface area contributed by atoms with Gasteiger partial charge in [0, 0.05) is 43.7 Å². The molecule has 9 nitrogen and oxygen atoms in total. The Bertz CT molecular complexity index is 1690. The number of hydrogen-bond donors (Lipinski definition) is 2. The quantitative estimate of drug-likeness (QED) is 0.256. The van der Waals surface area contributed by atoms with Gasteiger partial charge >= 0.3 is 5.69 Å². The van der Waals surface area contributed by atoms with Crippen molar-refractivity contribution in [1.82, 2.24) is 29.4 Å². The van der Waals surface area contributed by atoms with Gasteiger partial charge in [-0.1, -0.05) is 68.9 Å². The molecule has 6 rings (SSSR count). The molecule has 0 unspecified atom stereocenters. The van der Waals surface area contributed by atoms with Crippen molar-refractivity contribution >= 4 is 23.1 Å². The predicted octanol–water partition coefficient (Wildman–Crippen LogP) is 5.44. The van der Waals surface area contributed by atoms with Gasteiger partial charge in [-0.15, -0.1) is 0 Å². The summed E-state index contributed by atoms with van der Waals surface area (Å²) >= 11 is 0. The molecule has 0 bridgehead atoms. The van der Waals surface area contributed by atoms with E-state index in [1.54, 1.807) is 23.0 Å². The van der Waals surface area contributed by atoms with E-state index in [2.05, 4.69) is 15.3 Å². The molecule has 0 radical (unpaired) electrons. The molecule has 0 aliphatic heterocycles. The maximum absolute atomic E-state index is 13.8. The van der Waals surface area contributed by atoms with Crippen LogP contribution in [0, 0.1) is 11.8 Å². The van der Waals surface area contributed by atoms with Crippen LogP contribution in [0.4, 0.5) is 0 Å². The van der Waals surface area contributed by atoms with E-state index in [4.69, 9.17) is 4.98 Å². The lowest BCUT2D eigenvalue weighted by Crippen LogP contribution is -2.42. The SMILES string of the molecule is O=C(/C=C/c1ccc(-c2nc3c([nH]2)c(=O)n(CC2CCCCC2)c(=O)n3CC2CCCCC2)cc1)NCc1cccnc1. The van der Waals surface area contributed by atoms with Gasteiger partial charge in [-0.25, -0.2) is 9.78 Å². The van der Waals surface area contributed by atoms with E-state index in [9.17, 15) is 14.4 Å². The molecular weight excluding hydrogens is 540 g/mol. The maximum Gasteiger partial charge on any atom is 0.332 e. The molecule has 3 heterocycles. The number of nitrogens with one attached hydrogen (secondary N) is 2. The van der Waals surface area contributed by atoms with Gasteiger partial charge in [0.05, 0.1) is 0 Å². The molecule has 4 aromatic rings. The Balaban J connectivity index is 1.25. The van der Waals surface area contributed by atoms with Gasteiger partial charge in [0.25, 0.3) is 5.56 Å². The van der Waals surface area contributed by atoms with Crippen LogP contribution in [0.3, 0.4) is 0 Å². The van der Waals surface area contributed by atoms with Gasteiger partial charge in [0.1, 0.15) is 11.3 Å². The summed E-state index contributed by atoms with van der Waals surface area (Å²) in [5.41, 5.74) is 2.95. The molecule has 0 spiro atoms. The Morgan fingerprint density at radius 2 is 1.58 bits per heavy atom. The van der Waals surface area contributed by atoms with Crippen molar-refractivity contribution in [3.8, 4) is 11.4 Å². The first-order valence-corrected chi connectivity index (χ1v) is 15.7. The van der Waals surface area contributed by atoms with Crippen LogP contribution < -0.4 is 16.6 Å². The molecule has 1 amide bonds. The minimum Gasteiger partial charge on any atom is -0.348 e. The third-order valence-electron chi connectivity index (χ3n) is 8.99. The van der Waals surface area contributed by atoms with Crippen LogP contribution >= 0.6 is 0 Å². The van der Waals surface area contributed by atoms with E-state index < -0.39 is 0 Å². The number of carbonyl (C=O) groups is 1. The largest absolute Gasteiger partial charge is 0.348 e. The van der Waals surface area contributed by atoms with Crippen LogP contribution in [-0.4, -0.2) is 30.0 Å². The molecule has 9 heteroatoms. The second-order valence-corrected chi connectivity index (χ2v) is 12.1. The highest BCUT2D eigenvalue weighted by atomic mass is 16.2. The van der Waals surface area contributed by atoms with Crippen LogP contribution in [0.5, 0.6) is 0 Å². The molecule has 0 atom stereocenters. The molecule has 2 aliphatic carbocycles. The van der Waals surface area contributed by atoms with Crippen molar-refractivity contribution in [1.29, 1.82) is 0 Å². The third kappa shape index (κ3) is 6.87. The lowest BCUT2D eigenvalue weighted by molar-refractivity contribution is -0.116. The van der Waals surface area contributed by atoms with Crippen LogP contribution in [0.2, 0.25) is 0 Å². The molecule has 224 valence electrons. The second-order valence-electron chi connectivity index (χ2n) is 12.1. The second kappa shape index (κ2) is 13.4. The fraction of sp³-hybridized carbons (Fsp3) is 0.441. The van der Waals surface area contributed by atoms with Gasteiger partial charge in [0.15, 0.2) is 5.65 Å². The number of benzene rings is 1. The highest BCUT2D eigenvalue weighted by molar-refractivity contribution is 5.91. The minimum atomic E-state index is -0.277. The average Bonchev–Trinajstić information content (AvgIpc) is 3.50. The summed E-state index contributed by atoms with van der Waals surface area (Å²) in [6.45, 7) is 1.48. The summed E-state index contributed by atoms with van der Waals surface area (Å²) in [5.74, 6) is 1.15. The highest BCUT2D eigenvalue weighted by Crippen LogP contribution is 2.27. The summed E-state index contributed by atoms with van der Waals surface area (Å²) in [7, 11) is 0. The van der Waals surface area contributed by atoms with Crippen LogP contribution in [0.25, 0.3) is 28.6 Å². The Morgan fingerprint density at radius 1 is 0.907 bits per heavy atom. The van der Waals surface area contributed by atoms with Crippen molar-refractivity contribution in [2.24, 2.45) is 11.8 Å². The normalized spacial score (nSPS) is 16.7. The van der Waals surface area contributed by atoms with Gasteiger partial charge in [-0.05, 0) is 60.8 Å². The fourth-order valence-corrected chi connectivity index (χ4v) is 6.56. The first kappa shape index (κ1) is 28.8. The number of hydrogen-bond acceptors (Lipinski definition) is 5. The van der Waals surface area contributed by atoms with Gasteiger partial charge in [-0.2, -0.15) is 0 Å². The lowest BCUT2D eigenvalue weighted by Gasteiger charge is -2.24. The number of aromatic amines is 1. The number of rotatable bonds is 9. The summed E-state index contributed by atoms with van der Waals surface area (Å²) < 4.78 is 3.23. The molecule has 2 aliphatic rings. The van der Waals surface area contributed by atoms with Crippen LogP contribution in [0.1, 0.15) is 75.3 Å². The standard InChI is InChI=1S/C34H40N6O3/c41-29(36-21-27-12-7-19-35-20-27)18-15-24-13-16-28(17-14-24)31-37-30-32(38-31)39(22-25-8-3-1-4-9-25)34(43)40(33(30)42)23-26-10-5-2-6-11-26/h7,12-20,25-26H,1-6,8-11,21-23H2,(H,36,41)(H,37,38)/b18-15+. The van der Waals surface area contributed by atoms with Crippen LogP contribution in [-0.2, 0) is 24.4 Å². The lowest BCUT2D eigenvalue weighted by atomic mass is 9.89. The maximum atomic E-state index is 13.8. The molecule has 0 saturated heterocycles. The van der Waals surface area contributed by atoms with Crippen molar-refractivity contribution in [2.75, 3.05) is 0 Å². The van der Waals surface area contributed by atoms with Crippen LogP contribution in [0.15, 0.2) is 64.5 Å². The number of carbonyl (C=O) groups excluding carboxylic acids is 1. The first-order valence-electron chi connectivity index (χ1n) is 15.7. The van der Waals surface area contributed by atoms with Crippen molar-refractivity contribution in [2.45, 2.75) is 83.8 Å². The first-order chi connectivity index (χ1) is 21.0. The number of amides is 1. The number of H-pyrrole nitrogens is 1. The molecule has 2 saturated carbocycles. The van der Waals surface area contributed by atoms with Crippen molar-refractivity contribution in [3.05, 3.63) is 86.8 Å². The zero-order chi connectivity index (χ0) is 29.6. The van der Waals surface area contributed by atoms with Crippen molar-refractivity contribution < 1.29 is 4.79 Å². The summed E-state index contributed by atoms with van der Waals surface area (Å²) in [5, 5.41) is 2.86. The Morgan fingerprint density at radius 3 is 2.23 bits per heavy atom. The van der Waals surface area contributed by atoms with E-state index in [-0.39, 0.29) is 17.2 Å². The van der Waals surface area contributed by atoms with Gasteiger partial charge in [-0.3, -0.25) is 23.7 Å². The van der Waals surface area contributed by atoms with Gasteiger partial charge in [0.2, 0.25) is 5.91 Å². The van der Waals surface area contributed by atoms with E-state index in [1.165, 1.54) is 36.3 Å². The third-order valence-corrected chi connectivity index (χ3v) is 8.99. The summed E-state index contributed by atoms with van der Waals surface area (Å²) in [6, 6.07) is 11.4. The molecule has 2 fully saturated rings. The zero-order valence-electron chi connectivity index (χ0n) is 24.6. The average molecular weight is 581 g/mol. The number of aromatic nitrogens is 5. The van der Waals surface area contributed by atoms with E-state index in [0.717, 1.165) is 55.2 Å². The van der Waals surface area contributed by atoms with Gasteiger partial charge < -0.3 is 10.3 Å². The number of nitrogens with zero attached hydrogens (tertiary/aromatic N) is 4. The number of fused-ring (bicyclic) bond motifs is 1. The zero-order valence-corrected chi connectivity index (χ0v) is 24.6. The monoisotopic (exact) mass is 580 g/mol. The van der Waals surface area contributed by atoms with Crippen molar-refractivity contribution in [3.63, 3.8) is 0 Å². The number of imidazole rings is 1. The predicted molar refractivity (Wildman–Crippen MR) is 168 cm³/mol. The molecule has 43 heavy (non-hydrogen) atoms.